The highest BCUT2D eigenvalue weighted by atomic mass is 35.5. The van der Waals surface area contributed by atoms with Crippen molar-refractivity contribution in [2.75, 3.05) is 12.4 Å². The standard InChI is InChI=1S/C21H19ClN2O3/c1-27-21(26)20-19-13(10-17(25)23-15-5-3-2-4-6-15)8-7-12-9-14(22)11-16(24-20)18(12)19/h2-6,9,11,13,24H,7-8,10H2,1H3,(H,23,25). The summed E-state index contributed by atoms with van der Waals surface area (Å²) >= 11 is 6.21. The van der Waals surface area contributed by atoms with Crippen LogP contribution < -0.4 is 5.32 Å². The topological polar surface area (TPSA) is 71.2 Å². The lowest BCUT2D eigenvalue weighted by Crippen LogP contribution is -2.19. The molecule has 2 aromatic carbocycles. The third-order valence-corrected chi connectivity index (χ3v) is 5.25. The van der Waals surface area contributed by atoms with Gasteiger partial charge in [-0.05, 0) is 54.2 Å². The quantitative estimate of drug-likeness (QED) is 0.644. The zero-order valence-electron chi connectivity index (χ0n) is 14.8. The Labute approximate surface area is 161 Å². The third kappa shape index (κ3) is 3.30. The number of aromatic nitrogens is 1. The molecule has 0 aliphatic heterocycles. The molecule has 0 saturated carbocycles. The molecule has 1 aliphatic carbocycles. The van der Waals surface area contributed by atoms with Crippen LogP contribution in [0.15, 0.2) is 42.5 Å². The molecule has 138 valence electrons. The molecule has 0 radical (unpaired) electrons. The van der Waals surface area contributed by atoms with Crippen molar-refractivity contribution in [3.8, 4) is 0 Å². The number of hydrogen-bond donors (Lipinski definition) is 2. The van der Waals surface area contributed by atoms with E-state index >= 15 is 0 Å². The summed E-state index contributed by atoms with van der Waals surface area (Å²) < 4.78 is 4.95. The van der Waals surface area contributed by atoms with Crippen LogP contribution in [0.3, 0.4) is 0 Å². The Morgan fingerprint density at radius 1 is 1.26 bits per heavy atom. The van der Waals surface area contributed by atoms with Crippen LogP contribution in [0.2, 0.25) is 5.02 Å². The molecule has 0 spiro atoms. The van der Waals surface area contributed by atoms with Crippen molar-refractivity contribution in [1.29, 1.82) is 0 Å². The van der Waals surface area contributed by atoms with Crippen LogP contribution in [0, 0.1) is 0 Å². The number of para-hydroxylation sites is 1. The minimum atomic E-state index is -0.432. The summed E-state index contributed by atoms with van der Waals surface area (Å²) in [6.45, 7) is 0. The van der Waals surface area contributed by atoms with Gasteiger partial charge in [-0.3, -0.25) is 4.79 Å². The SMILES string of the molecule is COC(=O)c1[nH]c2cc(Cl)cc3c2c1C(CC(=O)Nc1ccccc1)CC3. The van der Waals surface area contributed by atoms with Crippen molar-refractivity contribution < 1.29 is 14.3 Å². The number of carbonyl (C=O) groups is 2. The molecular weight excluding hydrogens is 364 g/mol. The fourth-order valence-corrected chi connectivity index (χ4v) is 4.15. The number of amides is 1. The lowest BCUT2D eigenvalue weighted by Gasteiger charge is -2.23. The Balaban J connectivity index is 1.70. The lowest BCUT2D eigenvalue weighted by atomic mass is 9.81. The second-order valence-corrected chi connectivity index (χ2v) is 7.18. The Bertz CT molecular complexity index is 1030. The maximum atomic E-state index is 12.6. The molecular formula is C21H19ClN2O3. The zero-order chi connectivity index (χ0) is 19.0. The highest BCUT2D eigenvalue weighted by molar-refractivity contribution is 6.31. The highest BCUT2D eigenvalue weighted by Gasteiger charge is 2.31. The number of H-pyrrole nitrogens is 1. The summed E-state index contributed by atoms with van der Waals surface area (Å²) in [6, 6.07) is 13.1. The van der Waals surface area contributed by atoms with Gasteiger partial charge in [0.05, 0.1) is 7.11 Å². The Morgan fingerprint density at radius 3 is 2.78 bits per heavy atom. The second-order valence-electron chi connectivity index (χ2n) is 6.75. The summed E-state index contributed by atoms with van der Waals surface area (Å²) in [6.07, 6.45) is 1.88. The van der Waals surface area contributed by atoms with Crippen LogP contribution in [0.25, 0.3) is 10.9 Å². The Hall–Kier alpha value is -2.79. The molecule has 1 unspecified atom stereocenters. The van der Waals surface area contributed by atoms with E-state index in [2.05, 4.69) is 10.3 Å². The first kappa shape index (κ1) is 17.6. The van der Waals surface area contributed by atoms with E-state index in [0.29, 0.717) is 17.1 Å². The number of benzene rings is 2. The van der Waals surface area contributed by atoms with Crippen molar-refractivity contribution >= 4 is 40.1 Å². The summed E-state index contributed by atoms with van der Waals surface area (Å²) in [7, 11) is 1.36. The smallest absolute Gasteiger partial charge is 0.354 e. The average Bonchev–Trinajstić information content (AvgIpc) is 3.04. The lowest BCUT2D eigenvalue weighted by molar-refractivity contribution is -0.116. The number of anilines is 1. The molecule has 6 heteroatoms. The molecule has 27 heavy (non-hydrogen) atoms. The number of rotatable bonds is 4. The Morgan fingerprint density at radius 2 is 2.04 bits per heavy atom. The van der Waals surface area contributed by atoms with Gasteiger partial charge in [-0.1, -0.05) is 29.8 Å². The molecule has 2 N–H and O–H groups in total. The van der Waals surface area contributed by atoms with Crippen molar-refractivity contribution in [3.05, 3.63) is 64.3 Å². The summed E-state index contributed by atoms with van der Waals surface area (Å²) in [5.74, 6) is -0.572. The first-order valence-electron chi connectivity index (χ1n) is 8.84. The van der Waals surface area contributed by atoms with Gasteiger partial charge in [0.15, 0.2) is 0 Å². The predicted octanol–water partition coefficient (Wildman–Crippen LogP) is 4.67. The fourth-order valence-electron chi connectivity index (χ4n) is 3.91. The predicted molar refractivity (Wildman–Crippen MR) is 105 cm³/mol. The summed E-state index contributed by atoms with van der Waals surface area (Å²) in [5.41, 5.74) is 3.93. The Kier molecular flexibility index (Phi) is 4.62. The number of aromatic amines is 1. The van der Waals surface area contributed by atoms with Gasteiger partial charge in [0.2, 0.25) is 5.91 Å². The van der Waals surface area contributed by atoms with Crippen LogP contribution in [-0.4, -0.2) is 24.0 Å². The summed E-state index contributed by atoms with van der Waals surface area (Å²) in [4.78, 5) is 28.0. The van der Waals surface area contributed by atoms with E-state index in [9.17, 15) is 9.59 Å². The van der Waals surface area contributed by atoms with Crippen LogP contribution in [0.5, 0.6) is 0 Å². The monoisotopic (exact) mass is 382 g/mol. The van der Waals surface area contributed by atoms with Crippen molar-refractivity contribution in [2.24, 2.45) is 0 Å². The first-order valence-corrected chi connectivity index (χ1v) is 9.22. The number of halogens is 1. The number of methoxy groups -OCH3 is 1. The van der Waals surface area contributed by atoms with E-state index in [1.165, 1.54) is 7.11 Å². The van der Waals surface area contributed by atoms with Crippen molar-refractivity contribution in [1.82, 2.24) is 4.98 Å². The third-order valence-electron chi connectivity index (χ3n) is 5.03. The molecule has 4 rings (SSSR count). The fraction of sp³-hybridized carbons (Fsp3) is 0.238. The van der Waals surface area contributed by atoms with Crippen molar-refractivity contribution in [2.45, 2.75) is 25.2 Å². The molecule has 1 amide bonds. The second kappa shape index (κ2) is 7.08. The molecule has 0 saturated heterocycles. The number of ether oxygens (including phenoxy) is 1. The maximum Gasteiger partial charge on any atom is 0.354 e. The van der Waals surface area contributed by atoms with Crippen molar-refractivity contribution in [3.63, 3.8) is 0 Å². The van der Waals surface area contributed by atoms with E-state index in [0.717, 1.165) is 40.6 Å². The molecule has 5 nitrogen and oxygen atoms in total. The van der Waals surface area contributed by atoms with Gasteiger partial charge in [0.25, 0.3) is 0 Å². The molecule has 1 aromatic heterocycles. The van der Waals surface area contributed by atoms with Gasteiger partial charge in [-0.15, -0.1) is 0 Å². The molecule has 1 atom stereocenters. The summed E-state index contributed by atoms with van der Waals surface area (Å²) in [5, 5.41) is 4.54. The van der Waals surface area contributed by atoms with Gasteiger partial charge in [0.1, 0.15) is 5.69 Å². The molecule has 1 aliphatic rings. The van der Waals surface area contributed by atoms with Crippen LogP contribution in [0.4, 0.5) is 5.69 Å². The van der Waals surface area contributed by atoms with Gasteiger partial charge >= 0.3 is 5.97 Å². The molecule has 0 fully saturated rings. The van der Waals surface area contributed by atoms with E-state index in [4.69, 9.17) is 16.3 Å². The first-order chi connectivity index (χ1) is 13.1. The van der Waals surface area contributed by atoms with Gasteiger partial charge in [-0.2, -0.15) is 0 Å². The number of aryl methyl sites for hydroxylation is 1. The minimum Gasteiger partial charge on any atom is -0.464 e. The zero-order valence-corrected chi connectivity index (χ0v) is 15.6. The number of nitrogens with one attached hydrogen (secondary N) is 2. The number of esters is 1. The highest BCUT2D eigenvalue weighted by Crippen LogP contribution is 2.42. The van der Waals surface area contributed by atoms with E-state index in [1.54, 1.807) is 0 Å². The van der Waals surface area contributed by atoms with Crippen LogP contribution in [0.1, 0.15) is 40.4 Å². The van der Waals surface area contributed by atoms with Gasteiger partial charge in [0, 0.05) is 28.0 Å². The molecule has 0 bridgehead atoms. The molecule has 1 heterocycles. The van der Waals surface area contributed by atoms with E-state index < -0.39 is 5.97 Å². The number of hydrogen-bond acceptors (Lipinski definition) is 3. The van der Waals surface area contributed by atoms with Gasteiger partial charge < -0.3 is 15.0 Å². The minimum absolute atomic E-state index is 0.0646. The largest absolute Gasteiger partial charge is 0.464 e. The van der Waals surface area contributed by atoms with E-state index in [1.807, 2.05) is 42.5 Å². The number of carbonyl (C=O) groups excluding carboxylic acids is 2. The maximum absolute atomic E-state index is 12.6. The van der Waals surface area contributed by atoms with E-state index in [-0.39, 0.29) is 11.8 Å². The van der Waals surface area contributed by atoms with Crippen LogP contribution in [-0.2, 0) is 16.0 Å². The normalized spacial score (nSPS) is 15.6. The van der Waals surface area contributed by atoms with Gasteiger partial charge in [-0.25, -0.2) is 4.79 Å². The molecule has 3 aromatic rings. The van der Waals surface area contributed by atoms with Crippen LogP contribution >= 0.6 is 11.6 Å². The average molecular weight is 383 g/mol.